The molecule has 2 aliphatic carbocycles. The van der Waals surface area contributed by atoms with E-state index in [4.69, 9.17) is 0 Å². The van der Waals surface area contributed by atoms with Crippen molar-refractivity contribution in [3.8, 4) is 44.5 Å². The van der Waals surface area contributed by atoms with Crippen molar-refractivity contribution in [1.29, 1.82) is 0 Å². The Bertz CT molecular complexity index is 3710. The van der Waals surface area contributed by atoms with Crippen molar-refractivity contribution in [3.63, 3.8) is 0 Å². The Morgan fingerprint density at radius 1 is 0.278 bits per heavy atom. The fraction of sp³-hybridized carbons (Fsp3) is 0.0286. The normalized spacial score (nSPS) is 13.5. The van der Waals surface area contributed by atoms with E-state index >= 15 is 0 Å². The highest BCUT2D eigenvalue weighted by Gasteiger charge is 2.48. The smallest absolute Gasteiger partial charge is 0.0713 e. The van der Waals surface area contributed by atoms with Gasteiger partial charge in [0.1, 0.15) is 0 Å². The van der Waals surface area contributed by atoms with Gasteiger partial charge in [-0.3, -0.25) is 0 Å². The van der Waals surface area contributed by atoms with Crippen LogP contribution in [0.25, 0.3) is 54.6 Å². The summed E-state index contributed by atoms with van der Waals surface area (Å²) in [5, 5.41) is 3.47. The third kappa shape index (κ3) is 6.32. The fourth-order valence-corrected chi connectivity index (χ4v) is 13.4. The van der Waals surface area contributed by atoms with Crippen LogP contribution in [0.3, 0.4) is 0 Å². The zero-order valence-corrected chi connectivity index (χ0v) is 40.3. The predicted molar refractivity (Wildman–Crippen MR) is 302 cm³/mol. The third-order valence-electron chi connectivity index (χ3n) is 15.5. The first-order valence-corrected chi connectivity index (χ1v) is 25.8. The molecule has 0 atom stereocenters. The minimum atomic E-state index is -0.502. The number of fused-ring (bicyclic) bond motifs is 7. The number of benzene rings is 11. The van der Waals surface area contributed by atoms with Crippen LogP contribution < -0.4 is 4.90 Å². The van der Waals surface area contributed by atoms with E-state index in [2.05, 4.69) is 289 Å². The van der Waals surface area contributed by atoms with Crippen LogP contribution in [0, 0.1) is 0 Å². The van der Waals surface area contributed by atoms with Gasteiger partial charge in [0.15, 0.2) is 0 Å². The Labute approximate surface area is 425 Å². The molecule has 0 saturated heterocycles. The molecule has 0 saturated carbocycles. The molecule has 11 aromatic carbocycles. The van der Waals surface area contributed by atoms with Crippen molar-refractivity contribution in [3.05, 3.63) is 329 Å². The fourth-order valence-electron chi connectivity index (χ4n) is 12.5. The Morgan fingerprint density at radius 3 is 1.17 bits per heavy atom. The third-order valence-corrected chi connectivity index (χ3v) is 16.4. The second-order valence-electron chi connectivity index (χ2n) is 19.1. The molecule has 1 heterocycles. The van der Waals surface area contributed by atoms with E-state index in [1.807, 2.05) is 11.3 Å². The minimum absolute atomic E-state index is 0.502. The lowest BCUT2D eigenvalue weighted by atomic mass is 9.67. The summed E-state index contributed by atoms with van der Waals surface area (Å²) < 4.78 is 1.24. The van der Waals surface area contributed by atoms with Crippen LogP contribution >= 0.6 is 11.3 Å². The molecule has 2 heteroatoms. The molecular formula is C70H47NS. The molecule has 0 radical (unpaired) electrons. The lowest BCUT2D eigenvalue weighted by Gasteiger charge is -2.34. The molecule has 0 fully saturated rings. The van der Waals surface area contributed by atoms with Gasteiger partial charge >= 0.3 is 0 Å². The van der Waals surface area contributed by atoms with Crippen LogP contribution in [0.15, 0.2) is 284 Å². The summed E-state index contributed by atoms with van der Waals surface area (Å²) in [5.74, 6) is 0. The van der Waals surface area contributed by atoms with Crippen LogP contribution in [0.4, 0.5) is 17.1 Å². The Kier molecular flexibility index (Phi) is 9.91. The lowest BCUT2D eigenvalue weighted by molar-refractivity contribution is 0.768. The quantitative estimate of drug-likeness (QED) is 0.139. The highest BCUT2D eigenvalue weighted by atomic mass is 32.1. The molecule has 0 bridgehead atoms. The monoisotopic (exact) mass is 933 g/mol. The summed E-state index contributed by atoms with van der Waals surface area (Å²) in [7, 11) is 0. The zero-order chi connectivity index (χ0) is 47.6. The van der Waals surface area contributed by atoms with E-state index < -0.39 is 10.8 Å². The van der Waals surface area contributed by atoms with Gasteiger partial charge in [-0.05, 0) is 148 Å². The van der Waals surface area contributed by atoms with Gasteiger partial charge in [0.25, 0.3) is 0 Å². The number of anilines is 3. The first kappa shape index (κ1) is 42.1. The molecule has 12 aromatic rings. The maximum atomic E-state index is 2.55. The number of hydrogen-bond donors (Lipinski definition) is 0. The van der Waals surface area contributed by atoms with Gasteiger partial charge in [0.05, 0.1) is 21.2 Å². The summed E-state index contributed by atoms with van der Waals surface area (Å²) >= 11 is 1.81. The van der Waals surface area contributed by atoms with Gasteiger partial charge < -0.3 is 4.90 Å². The van der Waals surface area contributed by atoms with Crippen molar-refractivity contribution in [1.82, 2.24) is 0 Å². The molecule has 72 heavy (non-hydrogen) atoms. The average molecular weight is 934 g/mol. The molecule has 0 unspecified atom stereocenters. The summed E-state index contributed by atoms with van der Waals surface area (Å²) in [6.07, 6.45) is 0. The van der Waals surface area contributed by atoms with Gasteiger partial charge in [-0.1, -0.05) is 231 Å². The molecule has 1 nitrogen and oxygen atoms in total. The van der Waals surface area contributed by atoms with Gasteiger partial charge in [-0.25, -0.2) is 0 Å². The minimum Gasteiger partial charge on any atom is -0.309 e. The molecule has 0 aliphatic heterocycles. The molecule has 2 aliphatic rings. The van der Waals surface area contributed by atoms with E-state index in [-0.39, 0.29) is 0 Å². The predicted octanol–water partition coefficient (Wildman–Crippen LogP) is 18.4. The van der Waals surface area contributed by atoms with E-state index in [0.29, 0.717) is 0 Å². The van der Waals surface area contributed by atoms with Crippen LogP contribution in [0.2, 0.25) is 0 Å². The van der Waals surface area contributed by atoms with Gasteiger partial charge in [0, 0.05) is 11.4 Å². The number of nitrogens with zero attached hydrogens (tertiary/aromatic N) is 1. The molecule has 338 valence electrons. The van der Waals surface area contributed by atoms with E-state index in [0.717, 1.165) is 17.1 Å². The van der Waals surface area contributed by atoms with E-state index in [1.54, 1.807) is 0 Å². The first-order valence-electron chi connectivity index (χ1n) is 24.9. The van der Waals surface area contributed by atoms with Crippen molar-refractivity contribution in [2.45, 2.75) is 10.8 Å². The molecule has 14 rings (SSSR count). The van der Waals surface area contributed by atoms with Crippen molar-refractivity contribution < 1.29 is 0 Å². The van der Waals surface area contributed by atoms with E-state index in [1.165, 1.54) is 99.1 Å². The Morgan fingerprint density at radius 2 is 0.681 bits per heavy atom. The SMILES string of the molecule is c1ccc(-c2cccc(-c3cc(N(c4ccc5c(c4)-c4ccccc4C5(c4ccccc4)c4ccccc4)c4ccc5c(c4)-c4ccccc4C5(c4ccccc4)c4ccccc4)c4sccc4c3)c2)cc1. The van der Waals surface area contributed by atoms with Crippen LogP contribution in [-0.2, 0) is 10.8 Å². The molecular weight excluding hydrogens is 887 g/mol. The second kappa shape index (κ2) is 16.9. The van der Waals surface area contributed by atoms with Crippen LogP contribution in [0.5, 0.6) is 0 Å². The van der Waals surface area contributed by atoms with Crippen LogP contribution in [0.1, 0.15) is 44.5 Å². The number of thiophene rings is 1. The number of rotatable bonds is 9. The van der Waals surface area contributed by atoms with Crippen molar-refractivity contribution in [2.75, 3.05) is 4.90 Å². The molecule has 0 N–H and O–H groups in total. The van der Waals surface area contributed by atoms with Crippen molar-refractivity contribution >= 4 is 38.5 Å². The number of hydrogen-bond acceptors (Lipinski definition) is 2. The van der Waals surface area contributed by atoms with Gasteiger partial charge in [-0.15, -0.1) is 11.3 Å². The summed E-state index contributed by atoms with van der Waals surface area (Å²) in [4.78, 5) is 2.55. The first-order chi connectivity index (χ1) is 35.7. The highest BCUT2D eigenvalue weighted by Crippen LogP contribution is 2.60. The van der Waals surface area contributed by atoms with E-state index in [9.17, 15) is 0 Å². The Hall–Kier alpha value is -8.82. The largest absolute Gasteiger partial charge is 0.309 e. The Balaban J connectivity index is 1.04. The highest BCUT2D eigenvalue weighted by molar-refractivity contribution is 7.17. The maximum absolute atomic E-state index is 2.55. The topological polar surface area (TPSA) is 3.24 Å². The molecule has 1 aromatic heterocycles. The average Bonchev–Trinajstić information content (AvgIpc) is 4.15. The van der Waals surface area contributed by atoms with Crippen LogP contribution in [-0.4, -0.2) is 0 Å². The molecule has 0 spiro atoms. The standard InChI is InChI=1S/C70H47NS/c1-6-21-48(22-7-1)49-23-20-24-50(43-49)52-44-51-41-42-72-68(51)67(45-52)71(57-37-39-65-61(46-57)59-33-16-18-35-63(59)69(65,53-25-8-2-9-26-53)54-27-10-3-11-28-54)58-38-40-66-62(47-58)60-34-17-19-36-64(60)70(66,55-29-12-4-13-30-55)56-31-14-5-15-32-56/h1-47H. The molecule has 0 amide bonds. The van der Waals surface area contributed by atoms with Gasteiger partial charge in [0.2, 0.25) is 0 Å². The summed E-state index contributed by atoms with van der Waals surface area (Å²) in [5.41, 5.74) is 22.3. The summed E-state index contributed by atoms with van der Waals surface area (Å²) in [6, 6.07) is 104. The lowest BCUT2D eigenvalue weighted by Crippen LogP contribution is -2.28. The van der Waals surface area contributed by atoms with Crippen molar-refractivity contribution in [2.24, 2.45) is 0 Å². The van der Waals surface area contributed by atoms with Gasteiger partial charge in [-0.2, -0.15) is 0 Å². The summed E-state index contributed by atoms with van der Waals surface area (Å²) in [6.45, 7) is 0. The zero-order valence-electron chi connectivity index (χ0n) is 39.5. The maximum Gasteiger partial charge on any atom is 0.0713 e. The second-order valence-corrected chi connectivity index (χ2v) is 20.0.